The molecule has 3 fully saturated rings. The molecule has 9 rings (SSSR count). The van der Waals surface area contributed by atoms with Gasteiger partial charge in [0.05, 0.1) is 47.5 Å². The summed E-state index contributed by atoms with van der Waals surface area (Å²) < 4.78 is 20.7. The molecule has 4 aromatic heterocycles. The maximum Gasteiger partial charge on any atom is 0.324 e. The van der Waals surface area contributed by atoms with Crippen LogP contribution in [0.25, 0.3) is 33.4 Å². The van der Waals surface area contributed by atoms with E-state index in [0.29, 0.717) is 62.0 Å². The van der Waals surface area contributed by atoms with Crippen molar-refractivity contribution in [2.45, 2.75) is 97.6 Å². The Labute approximate surface area is 388 Å². The quantitative estimate of drug-likeness (QED) is 0.155. The summed E-state index contributed by atoms with van der Waals surface area (Å²) in [6.45, 7) is 14.4. The van der Waals surface area contributed by atoms with Gasteiger partial charge >= 0.3 is 5.97 Å². The normalized spacial score (nSPS) is 24.9. The number of esters is 1. The first-order chi connectivity index (χ1) is 31.8. The number of nitrogens with one attached hydrogen (secondary N) is 2. The number of rotatable bonds is 10. The molecule has 7 heterocycles. The van der Waals surface area contributed by atoms with Crippen molar-refractivity contribution in [1.82, 2.24) is 45.2 Å². The van der Waals surface area contributed by atoms with E-state index in [-0.39, 0.29) is 37.1 Å². The lowest BCUT2D eigenvalue weighted by atomic mass is 9.84. The number of nitrogens with zero attached hydrogens (tertiary/aromatic N) is 7. The van der Waals surface area contributed by atoms with E-state index in [4.69, 9.17) is 24.2 Å². The topological polar surface area (TPSA) is 183 Å². The number of carbonyl (C=O) groups excluding carboxylic acids is 4. The second kappa shape index (κ2) is 18.6. The number of aryl methyl sites for hydroxylation is 1. The summed E-state index contributed by atoms with van der Waals surface area (Å²) in [6.07, 6.45) is 5.49. The molecule has 5 aromatic rings. The fraction of sp³-hybridized carbons (Fsp3) is 0.510. The highest BCUT2D eigenvalue weighted by Crippen LogP contribution is 2.49. The number of likely N-dealkylation sites (tertiary alicyclic amines) is 1. The molecule has 348 valence electrons. The number of cyclic esters (lactones) is 1. The van der Waals surface area contributed by atoms with E-state index >= 15 is 0 Å². The van der Waals surface area contributed by atoms with Crippen molar-refractivity contribution in [3.63, 3.8) is 0 Å². The number of hydrazine groups is 1. The molecule has 66 heavy (non-hydrogen) atoms. The van der Waals surface area contributed by atoms with Crippen LogP contribution < -0.4 is 10.7 Å². The van der Waals surface area contributed by atoms with Crippen LogP contribution in [-0.2, 0) is 46.4 Å². The van der Waals surface area contributed by atoms with E-state index in [1.807, 2.05) is 32.2 Å². The van der Waals surface area contributed by atoms with Gasteiger partial charge in [0, 0.05) is 91.3 Å². The van der Waals surface area contributed by atoms with Crippen LogP contribution in [0.2, 0.25) is 0 Å². The molecular weight excluding hydrogens is 859 g/mol. The molecule has 7 atom stereocenters. The lowest BCUT2D eigenvalue weighted by Crippen LogP contribution is -2.61. The minimum Gasteiger partial charge on any atom is -0.464 e. The van der Waals surface area contributed by atoms with Crippen LogP contribution in [0, 0.1) is 23.2 Å². The summed E-state index contributed by atoms with van der Waals surface area (Å²) >= 11 is 1.36. The minimum absolute atomic E-state index is 0.0463. The molecular formula is C49H59N9O7S. The molecule has 4 aliphatic rings. The monoisotopic (exact) mass is 917 g/mol. The Balaban J connectivity index is 1.08. The first-order valence-electron chi connectivity index (χ1n) is 23.1. The number of amides is 3. The number of carbonyl (C=O) groups is 4. The van der Waals surface area contributed by atoms with Crippen molar-refractivity contribution in [3.8, 4) is 22.5 Å². The van der Waals surface area contributed by atoms with Gasteiger partial charge in [-0.3, -0.25) is 29.2 Å². The van der Waals surface area contributed by atoms with E-state index < -0.39 is 53.2 Å². The van der Waals surface area contributed by atoms with Crippen LogP contribution in [0.1, 0.15) is 94.6 Å². The van der Waals surface area contributed by atoms with E-state index in [1.165, 1.54) is 16.3 Å². The Morgan fingerprint density at radius 2 is 1.83 bits per heavy atom. The average Bonchev–Trinajstić information content (AvgIpc) is 3.59. The second-order valence-corrected chi connectivity index (χ2v) is 19.7. The number of pyridine rings is 1. The van der Waals surface area contributed by atoms with Crippen molar-refractivity contribution in [2.75, 3.05) is 40.0 Å². The number of hydrogen-bond donors (Lipinski definition) is 2. The molecule has 1 saturated carbocycles. The Bertz CT molecular complexity index is 2630. The highest BCUT2D eigenvalue weighted by Gasteiger charge is 2.59. The maximum atomic E-state index is 14.9. The summed E-state index contributed by atoms with van der Waals surface area (Å²) in [5, 5.41) is 7.96. The zero-order valence-corrected chi connectivity index (χ0v) is 39.5. The van der Waals surface area contributed by atoms with Gasteiger partial charge in [-0.1, -0.05) is 26.8 Å². The number of thiazole rings is 1. The van der Waals surface area contributed by atoms with Gasteiger partial charge in [0.2, 0.25) is 11.8 Å². The van der Waals surface area contributed by atoms with Crippen LogP contribution >= 0.6 is 11.3 Å². The molecule has 3 aliphatic heterocycles. The molecule has 1 aliphatic carbocycles. The summed E-state index contributed by atoms with van der Waals surface area (Å²) in [5.41, 5.74) is 9.19. The highest BCUT2D eigenvalue weighted by molar-refractivity contribution is 7.10. The van der Waals surface area contributed by atoms with Crippen LogP contribution in [0.4, 0.5) is 0 Å². The SMILES string of the molecule is CCO[C@@H]1c2nc(cs2)-c2ccc3c(c2)c(c(-c2cccnc2[C@H](C)OC)n3CC)CC(C)(C)COC(=O)[C@@H]2CCCN(N2)C(=O)[C@H]1NC(=O)[C@@H]1[C@@H](C)[C@H]1C(=O)N1CC(c2ncccn2)C1. The summed E-state index contributed by atoms with van der Waals surface area (Å²) in [5.74, 6) is -2.09. The number of ether oxygens (including phenoxy) is 3. The summed E-state index contributed by atoms with van der Waals surface area (Å²) in [6, 6.07) is 10.1. The van der Waals surface area contributed by atoms with Crippen LogP contribution in [0.15, 0.2) is 60.4 Å². The predicted molar refractivity (Wildman–Crippen MR) is 247 cm³/mol. The molecule has 16 nitrogen and oxygen atoms in total. The first kappa shape index (κ1) is 45.5. The van der Waals surface area contributed by atoms with Crippen LogP contribution in [-0.4, -0.2) is 110 Å². The van der Waals surface area contributed by atoms with Crippen LogP contribution in [0.3, 0.4) is 0 Å². The lowest BCUT2D eigenvalue weighted by molar-refractivity contribution is -0.156. The third-order valence-electron chi connectivity index (χ3n) is 13.7. The van der Waals surface area contributed by atoms with E-state index in [9.17, 15) is 19.2 Å². The number of fused-ring (bicyclic) bond motifs is 6. The van der Waals surface area contributed by atoms with Crippen molar-refractivity contribution in [1.29, 1.82) is 0 Å². The molecule has 0 radical (unpaired) electrons. The molecule has 2 N–H and O–H groups in total. The van der Waals surface area contributed by atoms with Gasteiger partial charge < -0.3 is 29.0 Å². The van der Waals surface area contributed by atoms with E-state index in [0.717, 1.165) is 39.0 Å². The Morgan fingerprint density at radius 3 is 2.58 bits per heavy atom. The highest BCUT2D eigenvalue weighted by atomic mass is 32.1. The molecule has 17 heteroatoms. The number of hydrogen-bond acceptors (Lipinski definition) is 13. The summed E-state index contributed by atoms with van der Waals surface area (Å²) in [4.78, 5) is 77.4. The lowest BCUT2D eigenvalue weighted by Gasteiger charge is -2.38. The molecule has 6 bridgehead atoms. The largest absolute Gasteiger partial charge is 0.464 e. The van der Waals surface area contributed by atoms with Gasteiger partial charge in [0.1, 0.15) is 29.0 Å². The van der Waals surface area contributed by atoms with Gasteiger partial charge in [-0.05, 0) is 81.8 Å². The van der Waals surface area contributed by atoms with Gasteiger partial charge in [0.25, 0.3) is 5.91 Å². The molecule has 0 spiro atoms. The van der Waals surface area contributed by atoms with Crippen molar-refractivity contribution < 1.29 is 33.4 Å². The maximum absolute atomic E-state index is 14.9. The van der Waals surface area contributed by atoms with Crippen molar-refractivity contribution >= 4 is 45.9 Å². The minimum atomic E-state index is -1.23. The van der Waals surface area contributed by atoms with Crippen molar-refractivity contribution in [2.24, 2.45) is 23.2 Å². The fourth-order valence-corrected chi connectivity index (χ4v) is 10.9. The van der Waals surface area contributed by atoms with E-state index in [2.05, 4.69) is 70.3 Å². The third kappa shape index (κ3) is 8.61. The summed E-state index contributed by atoms with van der Waals surface area (Å²) in [7, 11) is 1.69. The number of methoxy groups -OCH3 is 1. The smallest absolute Gasteiger partial charge is 0.324 e. The average molecular weight is 918 g/mol. The van der Waals surface area contributed by atoms with Gasteiger partial charge in [0.15, 0.2) is 0 Å². The Hall–Kier alpha value is -5.62. The second-order valence-electron chi connectivity index (χ2n) is 18.8. The zero-order valence-electron chi connectivity index (χ0n) is 38.7. The molecule has 0 unspecified atom stereocenters. The van der Waals surface area contributed by atoms with E-state index in [1.54, 1.807) is 36.7 Å². The zero-order chi connectivity index (χ0) is 46.4. The number of benzene rings is 1. The predicted octanol–water partition coefficient (Wildman–Crippen LogP) is 6.04. The van der Waals surface area contributed by atoms with Gasteiger partial charge in [-0.15, -0.1) is 11.3 Å². The fourth-order valence-electron chi connectivity index (χ4n) is 9.99. The Kier molecular flexibility index (Phi) is 12.8. The standard InChI is InChI=1S/C49H59N9O7S/c1-8-57-36-16-15-29-21-32(36)33(41(57)31-13-10-17-50-39(31)28(4)63-7)22-49(5,6)26-65-48(62)34-14-11-20-58(55-34)47(61)40(42(64-9-2)45-53-35(29)25-66-45)54-44(59)37-27(3)38(37)46(60)56-23-30(24-56)43-51-18-12-19-52-43/h10,12-13,15-19,21,25,27-28,30,34,37-38,40,42,55H,8-9,11,14,20,22-24,26H2,1-7H3,(H,54,59)/t27-,28+,34+,37-,38-,40+,42+/m1/s1. The van der Waals surface area contributed by atoms with Crippen molar-refractivity contribution in [3.05, 3.63) is 82.5 Å². The molecule has 2 saturated heterocycles. The van der Waals surface area contributed by atoms with Crippen LogP contribution in [0.5, 0.6) is 0 Å². The molecule has 3 amide bonds. The van der Waals surface area contributed by atoms with Gasteiger partial charge in [-0.25, -0.2) is 20.4 Å². The molecule has 1 aromatic carbocycles. The third-order valence-corrected chi connectivity index (χ3v) is 14.6. The Morgan fingerprint density at radius 1 is 1.06 bits per heavy atom. The van der Waals surface area contributed by atoms with Gasteiger partial charge in [-0.2, -0.15) is 0 Å². The first-order valence-corrected chi connectivity index (χ1v) is 24.0. The number of aromatic nitrogens is 5.